The fourth-order valence-electron chi connectivity index (χ4n) is 2.73. The molecule has 0 radical (unpaired) electrons. The number of nitrogens with zero attached hydrogens (tertiary/aromatic N) is 2. The summed E-state index contributed by atoms with van der Waals surface area (Å²) in [6.07, 6.45) is 0. The van der Waals surface area contributed by atoms with Gasteiger partial charge in [0.2, 0.25) is 5.69 Å². The van der Waals surface area contributed by atoms with Crippen molar-refractivity contribution >= 4 is 23.3 Å². The Morgan fingerprint density at radius 2 is 1.58 bits per heavy atom. The molecule has 0 aliphatic carbocycles. The maximum absolute atomic E-state index is 11.6. The zero-order valence-electron chi connectivity index (χ0n) is 12.8. The lowest BCUT2D eigenvalue weighted by Gasteiger charge is -2.06. The van der Waals surface area contributed by atoms with Gasteiger partial charge in [-0.2, -0.15) is 0 Å². The van der Waals surface area contributed by atoms with E-state index in [4.69, 9.17) is 18.2 Å². The zero-order chi connectivity index (χ0) is 17.3. The Bertz CT molecular complexity index is 952. The summed E-state index contributed by atoms with van der Waals surface area (Å²) in [4.78, 5) is 15.0. The minimum Gasteiger partial charge on any atom is -0.477 e. The highest BCUT2D eigenvalue weighted by Gasteiger charge is 2.25. The third-order valence-corrected chi connectivity index (χ3v) is 4.33. The van der Waals surface area contributed by atoms with Crippen molar-refractivity contribution in [2.45, 2.75) is 0 Å². The van der Waals surface area contributed by atoms with Gasteiger partial charge in [0.1, 0.15) is 10.8 Å². The number of aromatic nitrogens is 1. The van der Waals surface area contributed by atoms with E-state index in [1.807, 2.05) is 54.6 Å². The Kier molecular flexibility index (Phi) is 4.11. The number of benzene rings is 2. The topological polar surface area (TPSA) is 46.6 Å². The van der Waals surface area contributed by atoms with Crippen molar-refractivity contribution < 1.29 is 9.90 Å². The molecule has 0 unspecified atom stereocenters. The Labute approximate surface area is 144 Å². The van der Waals surface area contributed by atoms with Gasteiger partial charge in [0.25, 0.3) is 0 Å². The minimum absolute atomic E-state index is 0.0125. The van der Waals surface area contributed by atoms with Gasteiger partial charge in [-0.1, -0.05) is 66.2 Å². The first-order valence-electron chi connectivity index (χ1n) is 7.19. The maximum atomic E-state index is 11.6. The molecular weight excluding hydrogens is 324 g/mol. The smallest absolute Gasteiger partial charge is 0.351 e. The number of hydrogen-bond acceptors (Lipinski definition) is 1. The first kappa shape index (κ1) is 15.9. The van der Waals surface area contributed by atoms with Crippen molar-refractivity contribution in [2.75, 3.05) is 0 Å². The van der Waals surface area contributed by atoms with Gasteiger partial charge in [0.15, 0.2) is 0 Å². The van der Waals surface area contributed by atoms with Crippen molar-refractivity contribution in [2.24, 2.45) is 7.05 Å². The monoisotopic (exact) mass is 336 g/mol. The van der Waals surface area contributed by atoms with Crippen LogP contribution in [-0.4, -0.2) is 15.6 Å². The standard InChI is InChI=1S/C19H13ClN2O2/c1-21-16-15(17(19(23)24)22(2)18(16)20)14-10-8-13(9-11-14)12-6-4-3-5-7-12/h3-11H,2H3,(H,23,24). The van der Waals surface area contributed by atoms with Crippen LogP contribution < -0.4 is 0 Å². The lowest BCUT2D eigenvalue weighted by atomic mass is 9.99. The molecule has 24 heavy (non-hydrogen) atoms. The van der Waals surface area contributed by atoms with Crippen LogP contribution in [0.15, 0.2) is 54.6 Å². The van der Waals surface area contributed by atoms with Crippen molar-refractivity contribution in [3.8, 4) is 22.3 Å². The number of rotatable bonds is 3. The van der Waals surface area contributed by atoms with Gasteiger partial charge >= 0.3 is 5.97 Å². The second-order valence-corrected chi connectivity index (χ2v) is 5.64. The van der Waals surface area contributed by atoms with Gasteiger partial charge in [-0.3, -0.25) is 0 Å². The predicted molar refractivity (Wildman–Crippen MR) is 94.5 cm³/mol. The molecule has 3 aromatic rings. The highest BCUT2D eigenvalue weighted by molar-refractivity contribution is 6.34. The van der Waals surface area contributed by atoms with E-state index < -0.39 is 5.97 Å². The summed E-state index contributed by atoms with van der Waals surface area (Å²) in [6.45, 7) is 7.34. The summed E-state index contributed by atoms with van der Waals surface area (Å²) in [7, 11) is 1.54. The summed E-state index contributed by atoms with van der Waals surface area (Å²) in [5, 5.41) is 9.62. The molecule has 0 amide bonds. The summed E-state index contributed by atoms with van der Waals surface area (Å²) in [5.41, 5.74) is 3.26. The minimum atomic E-state index is -1.11. The Morgan fingerprint density at radius 3 is 2.12 bits per heavy atom. The van der Waals surface area contributed by atoms with Crippen molar-refractivity contribution in [3.05, 3.63) is 76.9 Å². The third-order valence-electron chi connectivity index (χ3n) is 3.89. The van der Waals surface area contributed by atoms with Crippen LogP contribution in [0.1, 0.15) is 10.5 Å². The van der Waals surface area contributed by atoms with Gasteiger partial charge in [-0.15, -0.1) is 0 Å². The average molecular weight is 337 g/mol. The van der Waals surface area contributed by atoms with Gasteiger partial charge in [-0.05, 0) is 16.7 Å². The molecule has 0 atom stereocenters. The van der Waals surface area contributed by atoms with Crippen molar-refractivity contribution in [1.82, 2.24) is 4.57 Å². The number of halogens is 1. The zero-order valence-corrected chi connectivity index (χ0v) is 13.6. The van der Waals surface area contributed by atoms with Crippen LogP contribution in [0.25, 0.3) is 27.1 Å². The van der Waals surface area contributed by atoms with E-state index in [1.165, 1.54) is 4.57 Å². The van der Waals surface area contributed by atoms with E-state index in [2.05, 4.69) is 4.85 Å². The molecule has 0 spiro atoms. The molecule has 0 saturated heterocycles. The van der Waals surface area contributed by atoms with Crippen LogP contribution in [0.2, 0.25) is 5.15 Å². The molecule has 1 heterocycles. The number of carbonyl (C=O) groups is 1. The molecule has 0 saturated carbocycles. The van der Waals surface area contributed by atoms with E-state index in [0.717, 1.165) is 11.1 Å². The molecule has 118 valence electrons. The quantitative estimate of drug-likeness (QED) is 0.663. The van der Waals surface area contributed by atoms with E-state index in [-0.39, 0.29) is 16.5 Å². The summed E-state index contributed by atoms with van der Waals surface area (Å²) in [5.74, 6) is -1.11. The van der Waals surface area contributed by atoms with Gasteiger partial charge in [-0.25, -0.2) is 9.64 Å². The van der Waals surface area contributed by atoms with Crippen LogP contribution in [0.4, 0.5) is 5.69 Å². The molecule has 0 aliphatic heterocycles. The van der Waals surface area contributed by atoms with Crippen molar-refractivity contribution in [3.63, 3.8) is 0 Å². The normalized spacial score (nSPS) is 10.4. The Balaban J connectivity index is 2.15. The fraction of sp³-hybridized carbons (Fsp3) is 0.0526. The summed E-state index contributed by atoms with van der Waals surface area (Å²) >= 11 is 6.13. The number of hydrogen-bond donors (Lipinski definition) is 1. The van der Waals surface area contributed by atoms with Gasteiger partial charge in [0.05, 0.1) is 6.57 Å². The van der Waals surface area contributed by atoms with E-state index in [1.54, 1.807) is 7.05 Å². The molecule has 0 aliphatic rings. The number of carboxylic acid groups (broad SMARTS) is 1. The third kappa shape index (κ3) is 2.55. The lowest BCUT2D eigenvalue weighted by Crippen LogP contribution is -2.05. The molecule has 1 aromatic heterocycles. The summed E-state index contributed by atoms with van der Waals surface area (Å²) in [6, 6.07) is 17.3. The lowest BCUT2D eigenvalue weighted by molar-refractivity contribution is 0.0687. The van der Waals surface area contributed by atoms with Gasteiger partial charge in [0, 0.05) is 12.6 Å². The molecule has 3 rings (SSSR count). The molecular formula is C19H13ClN2O2. The number of aromatic carboxylic acids is 1. The predicted octanol–water partition coefficient (Wildman–Crippen LogP) is 5.26. The van der Waals surface area contributed by atoms with E-state index in [0.29, 0.717) is 11.1 Å². The molecule has 2 aromatic carbocycles. The van der Waals surface area contributed by atoms with Crippen LogP contribution in [0.5, 0.6) is 0 Å². The second kappa shape index (κ2) is 6.23. The highest BCUT2D eigenvalue weighted by atomic mass is 35.5. The first-order valence-corrected chi connectivity index (χ1v) is 7.57. The molecule has 1 N–H and O–H groups in total. The van der Waals surface area contributed by atoms with E-state index >= 15 is 0 Å². The van der Waals surface area contributed by atoms with Crippen LogP contribution >= 0.6 is 11.6 Å². The van der Waals surface area contributed by atoms with Crippen LogP contribution in [0.3, 0.4) is 0 Å². The highest BCUT2D eigenvalue weighted by Crippen LogP contribution is 2.42. The van der Waals surface area contributed by atoms with E-state index in [9.17, 15) is 9.90 Å². The largest absolute Gasteiger partial charge is 0.477 e. The maximum Gasteiger partial charge on any atom is 0.351 e. The summed E-state index contributed by atoms with van der Waals surface area (Å²) < 4.78 is 1.33. The Morgan fingerprint density at radius 1 is 1.04 bits per heavy atom. The second-order valence-electron chi connectivity index (χ2n) is 5.28. The molecule has 5 heteroatoms. The van der Waals surface area contributed by atoms with Crippen LogP contribution in [-0.2, 0) is 7.05 Å². The molecule has 0 bridgehead atoms. The average Bonchev–Trinajstić information content (AvgIpc) is 2.87. The Hall–Kier alpha value is -3.03. The number of carboxylic acids is 1. The van der Waals surface area contributed by atoms with Crippen LogP contribution in [0, 0.1) is 6.57 Å². The molecule has 0 fully saturated rings. The molecule has 4 nitrogen and oxygen atoms in total. The van der Waals surface area contributed by atoms with Gasteiger partial charge < -0.3 is 9.67 Å². The fourth-order valence-corrected chi connectivity index (χ4v) is 2.95. The first-order chi connectivity index (χ1) is 11.5. The SMILES string of the molecule is [C-]#[N+]c1c(-c2ccc(-c3ccccc3)cc2)c(C(=O)O)n(C)c1Cl. The van der Waals surface area contributed by atoms with Crippen molar-refractivity contribution in [1.29, 1.82) is 0 Å².